The van der Waals surface area contributed by atoms with Gasteiger partial charge in [-0.25, -0.2) is 9.18 Å². The van der Waals surface area contributed by atoms with Gasteiger partial charge in [-0.05, 0) is 83.5 Å². The van der Waals surface area contributed by atoms with E-state index in [4.69, 9.17) is 0 Å². The molecule has 0 saturated carbocycles. The number of likely N-dealkylation sites (tertiary alicyclic amines) is 1. The van der Waals surface area contributed by atoms with Gasteiger partial charge in [0.1, 0.15) is 12.4 Å². The molecule has 0 radical (unpaired) electrons. The van der Waals surface area contributed by atoms with Crippen LogP contribution in [0.4, 0.5) is 9.18 Å². The molecule has 1 saturated heterocycles. The number of urea groups is 1. The SMILES string of the molecule is Cc1ccc(CN(Cc2ccc(F)cc2)C(=O)CN(CCN2CCCCC2)C(=O)NC(C)(C)C)s1. The Morgan fingerprint density at radius 3 is 2.29 bits per heavy atom. The molecule has 3 rings (SSSR count). The quantitative estimate of drug-likeness (QED) is 0.524. The van der Waals surface area contributed by atoms with Gasteiger partial charge in [0.25, 0.3) is 0 Å². The number of nitrogens with one attached hydrogen (secondary N) is 1. The molecule has 1 fully saturated rings. The topological polar surface area (TPSA) is 55.9 Å². The predicted molar refractivity (Wildman–Crippen MR) is 140 cm³/mol. The number of piperidine rings is 1. The highest BCUT2D eigenvalue weighted by atomic mass is 32.1. The Bertz CT molecular complexity index is 964. The number of benzene rings is 1. The Balaban J connectivity index is 1.74. The van der Waals surface area contributed by atoms with Crippen LogP contribution in [0.5, 0.6) is 0 Å². The molecule has 0 spiro atoms. The van der Waals surface area contributed by atoms with Crippen LogP contribution in [0.15, 0.2) is 36.4 Å². The molecule has 2 aromatic rings. The summed E-state index contributed by atoms with van der Waals surface area (Å²) in [5.41, 5.74) is 0.457. The second-order valence-corrected chi connectivity index (χ2v) is 11.8. The highest BCUT2D eigenvalue weighted by molar-refractivity contribution is 7.11. The number of nitrogens with zero attached hydrogens (tertiary/aromatic N) is 3. The Labute approximate surface area is 213 Å². The highest BCUT2D eigenvalue weighted by Crippen LogP contribution is 2.19. The summed E-state index contributed by atoms with van der Waals surface area (Å²) in [6.45, 7) is 12.0. The van der Waals surface area contributed by atoms with Gasteiger partial charge in [0, 0.05) is 34.9 Å². The maximum absolute atomic E-state index is 13.6. The summed E-state index contributed by atoms with van der Waals surface area (Å²) < 4.78 is 13.4. The number of hydrogen-bond donors (Lipinski definition) is 1. The zero-order chi connectivity index (χ0) is 25.4. The summed E-state index contributed by atoms with van der Waals surface area (Å²) in [5, 5.41) is 3.02. The second-order valence-electron chi connectivity index (χ2n) is 10.4. The van der Waals surface area contributed by atoms with Crippen molar-refractivity contribution in [3.8, 4) is 0 Å². The third-order valence-electron chi connectivity index (χ3n) is 6.01. The molecule has 192 valence electrons. The van der Waals surface area contributed by atoms with Gasteiger partial charge in [0.2, 0.25) is 5.91 Å². The molecule has 0 aliphatic carbocycles. The summed E-state index contributed by atoms with van der Waals surface area (Å²) in [6.07, 6.45) is 3.61. The van der Waals surface area contributed by atoms with Gasteiger partial charge in [-0.15, -0.1) is 11.3 Å². The van der Waals surface area contributed by atoms with E-state index in [0.29, 0.717) is 19.6 Å². The molecule has 35 heavy (non-hydrogen) atoms. The van der Waals surface area contributed by atoms with Gasteiger partial charge < -0.3 is 20.0 Å². The second kappa shape index (κ2) is 12.5. The number of rotatable bonds is 9. The molecule has 1 aliphatic heterocycles. The monoisotopic (exact) mass is 502 g/mol. The fourth-order valence-electron chi connectivity index (χ4n) is 4.16. The molecule has 3 amide bonds. The van der Waals surface area contributed by atoms with E-state index in [1.54, 1.807) is 33.3 Å². The largest absolute Gasteiger partial charge is 0.333 e. The van der Waals surface area contributed by atoms with Crippen LogP contribution in [0.3, 0.4) is 0 Å². The van der Waals surface area contributed by atoms with Crippen molar-refractivity contribution < 1.29 is 14.0 Å². The first-order valence-electron chi connectivity index (χ1n) is 12.5. The lowest BCUT2D eigenvalue weighted by Crippen LogP contribution is -2.53. The van der Waals surface area contributed by atoms with E-state index in [9.17, 15) is 14.0 Å². The lowest BCUT2D eigenvalue weighted by atomic mass is 10.1. The summed E-state index contributed by atoms with van der Waals surface area (Å²) in [7, 11) is 0. The maximum Gasteiger partial charge on any atom is 0.318 e. The Morgan fingerprint density at radius 2 is 1.69 bits per heavy atom. The van der Waals surface area contributed by atoms with Crippen molar-refractivity contribution in [2.75, 3.05) is 32.7 Å². The molecule has 2 heterocycles. The van der Waals surface area contributed by atoms with Crippen LogP contribution in [0, 0.1) is 12.7 Å². The standard InChI is InChI=1S/C27H39FN4O2S/c1-21-8-13-24(35-21)19-32(18-22-9-11-23(28)12-10-22)25(33)20-31(26(34)29-27(2,3)4)17-16-30-14-6-5-7-15-30/h8-13H,5-7,14-20H2,1-4H3,(H,29,34). The van der Waals surface area contributed by atoms with Gasteiger partial charge in [-0.1, -0.05) is 18.6 Å². The minimum atomic E-state index is -0.397. The summed E-state index contributed by atoms with van der Waals surface area (Å²) in [5.74, 6) is -0.425. The normalized spacial score (nSPS) is 14.5. The number of aryl methyl sites for hydroxylation is 1. The molecule has 1 aromatic heterocycles. The summed E-state index contributed by atoms with van der Waals surface area (Å²) in [4.78, 5) is 34.7. The van der Waals surface area contributed by atoms with Crippen LogP contribution in [0.1, 0.15) is 55.4 Å². The number of amides is 3. The van der Waals surface area contributed by atoms with E-state index in [2.05, 4.69) is 10.2 Å². The number of halogens is 1. The van der Waals surface area contributed by atoms with Crippen molar-refractivity contribution in [3.63, 3.8) is 0 Å². The number of carbonyl (C=O) groups is 2. The number of thiophene rings is 1. The summed E-state index contributed by atoms with van der Waals surface area (Å²) in [6, 6.07) is 10.1. The highest BCUT2D eigenvalue weighted by Gasteiger charge is 2.25. The lowest BCUT2D eigenvalue weighted by molar-refractivity contribution is -0.133. The average molecular weight is 503 g/mol. The molecule has 6 nitrogen and oxygen atoms in total. The molecule has 0 atom stereocenters. The molecule has 0 bridgehead atoms. The third-order valence-corrected chi connectivity index (χ3v) is 7.00. The molecular weight excluding hydrogens is 463 g/mol. The van der Waals surface area contributed by atoms with E-state index in [1.807, 2.05) is 39.8 Å². The van der Waals surface area contributed by atoms with Crippen LogP contribution < -0.4 is 5.32 Å². The first-order chi connectivity index (χ1) is 16.6. The minimum Gasteiger partial charge on any atom is -0.333 e. The van der Waals surface area contributed by atoms with Crippen molar-refractivity contribution in [1.82, 2.24) is 20.0 Å². The van der Waals surface area contributed by atoms with Crippen molar-refractivity contribution in [1.29, 1.82) is 0 Å². The van der Waals surface area contributed by atoms with Gasteiger partial charge in [-0.3, -0.25) is 4.79 Å². The van der Waals surface area contributed by atoms with Crippen molar-refractivity contribution in [2.24, 2.45) is 0 Å². The fraction of sp³-hybridized carbons (Fsp3) is 0.556. The Kier molecular flexibility index (Phi) is 9.69. The van der Waals surface area contributed by atoms with Gasteiger partial charge in [0.05, 0.1) is 6.54 Å². The minimum absolute atomic E-state index is 0.00130. The van der Waals surface area contributed by atoms with E-state index in [0.717, 1.165) is 30.1 Å². The summed E-state index contributed by atoms with van der Waals surface area (Å²) >= 11 is 1.66. The van der Waals surface area contributed by atoms with Gasteiger partial charge in [0.15, 0.2) is 0 Å². The van der Waals surface area contributed by atoms with Crippen LogP contribution in [0.25, 0.3) is 0 Å². The van der Waals surface area contributed by atoms with Crippen LogP contribution in [-0.2, 0) is 17.9 Å². The first kappa shape index (κ1) is 27.1. The molecule has 8 heteroatoms. The van der Waals surface area contributed by atoms with Gasteiger partial charge >= 0.3 is 6.03 Å². The average Bonchev–Trinajstić information content (AvgIpc) is 3.21. The lowest BCUT2D eigenvalue weighted by Gasteiger charge is -2.33. The van der Waals surface area contributed by atoms with E-state index >= 15 is 0 Å². The van der Waals surface area contributed by atoms with E-state index in [-0.39, 0.29) is 24.3 Å². The van der Waals surface area contributed by atoms with E-state index in [1.165, 1.54) is 36.3 Å². The maximum atomic E-state index is 13.6. The Morgan fingerprint density at radius 1 is 1.00 bits per heavy atom. The zero-order valence-corrected chi connectivity index (χ0v) is 22.3. The van der Waals surface area contributed by atoms with Gasteiger partial charge in [-0.2, -0.15) is 0 Å². The number of carbonyl (C=O) groups excluding carboxylic acids is 2. The molecule has 1 aliphatic rings. The fourth-order valence-corrected chi connectivity index (χ4v) is 5.07. The molecular formula is C27H39FN4O2S. The zero-order valence-electron chi connectivity index (χ0n) is 21.5. The van der Waals surface area contributed by atoms with Crippen molar-refractivity contribution >= 4 is 23.3 Å². The molecule has 0 unspecified atom stereocenters. The van der Waals surface area contributed by atoms with Crippen LogP contribution in [-0.4, -0.2) is 64.9 Å². The first-order valence-corrected chi connectivity index (χ1v) is 13.3. The predicted octanol–water partition coefficient (Wildman–Crippen LogP) is 5.02. The van der Waals surface area contributed by atoms with E-state index < -0.39 is 5.54 Å². The molecule has 1 N–H and O–H groups in total. The third kappa shape index (κ3) is 9.26. The van der Waals surface area contributed by atoms with Crippen LogP contribution in [0.2, 0.25) is 0 Å². The van der Waals surface area contributed by atoms with Crippen molar-refractivity contribution in [3.05, 3.63) is 57.5 Å². The van der Waals surface area contributed by atoms with Crippen LogP contribution >= 0.6 is 11.3 Å². The smallest absolute Gasteiger partial charge is 0.318 e. The Hall–Kier alpha value is -2.45. The van der Waals surface area contributed by atoms with Crippen molar-refractivity contribution in [2.45, 2.75) is 65.6 Å². The molecule has 1 aromatic carbocycles. The number of hydrogen-bond acceptors (Lipinski definition) is 4.